The van der Waals surface area contributed by atoms with E-state index in [9.17, 15) is 10.1 Å². The fourth-order valence-corrected chi connectivity index (χ4v) is 1.12. The Bertz CT molecular complexity index is 338. The number of pyridine rings is 1. The highest BCUT2D eigenvalue weighted by atomic mass is 35.5. The molecule has 0 radical (unpaired) electrons. The minimum absolute atomic E-state index is 0.0509. The van der Waals surface area contributed by atoms with Gasteiger partial charge in [0, 0.05) is 11.8 Å². The maximum absolute atomic E-state index is 10.5. The summed E-state index contributed by atoms with van der Waals surface area (Å²) in [6, 6.07) is 0. The Balaban J connectivity index is 3.43. The number of hydrogen-bond donors (Lipinski definition) is 0. The standard InChI is InChI=1S/C7H7ClN2O2/c1-4-3-9-7(8)5(2)6(4)10(11)12/h3H,1-2H3. The number of aromatic nitrogens is 1. The van der Waals surface area contributed by atoms with Crippen LogP contribution in [0.5, 0.6) is 0 Å². The molecule has 5 heteroatoms. The molecule has 1 aromatic rings. The van der Waals surface area contributed by atoms with Crippen LogP contribution in [0.15, 0.2) is 6.20 Å². The largest absolute Gasteiger partial charge is 0.279 e. The predicted molar refractivity (Wildman–Crippen MR) is 45.4 cm³/mol. The lowest BCUT2D eigenvalue weighted by Gasteiger charge is -2.00. The van der Waals surface area contributed by atoms with Gasteiger partial charge in [-0.2, -0.15) is 0 Å². The Hall–Kier alpha value is -1.16. The molecule has 0 aliphatic carbocycles. The molecule has 0 spiro atoms. The average Bonchev–Trinajstić information content (AvgIpc) is 1.97. The topological polar surface area (TPSA) is 56.0 Å². The van der Waals surface area contributed by atoms with E-state index in [0.717, 1.165) is 0 Å². The third kappa shape index (κ3) is 1.38. The lowest BCUT2D eigenvalue weighted by Crippen LogP contribution is -1.96. The Morgan fingerprint density at radius 1 is 1.58 bits per heavy atom. The fraction of sp³-hybridized carbons (Fsp3) is 0.286. The fourth-order valence-electron chi connectivity index (χ4n) is 0.986. The van der Waals surface area contributed by atoms with Gasteiger partial charge in [0.25, 0.3) is 5.69 Å². The second-order valence-corrected chi connectivity index (χ2v) is 2.82. The number of nitro groups is 1. The Labute approximate surface area is 74.3 Å². The van der Waals surface area contributed by atoms with Crippen LogP contribution in [0.1, 0.15) is 11.1 Å². The van der Waals surface area contributed by atoms with Crippen molar-refractivity contribution in [2.24, 2.45) is 0 Å². The zero-order chi connectivity index (χ0) is 9.30. The summed E-state index contributed by atoms with van der Waals surface area (Å²) >= 11 is 5.61. The number of halogens is 1. The van der Waals surface area contributed by atoms with Crippen molar-refractivity contribution in [1.29, 1.82) is 0 Å². The van der Waals surface area contributed by atoms with Crippen LogP contribution >= 0.6 is 11.6 Å². The third-order valence-electron chi connectivity index (χ3n) is 1.59. The maximum atomic E-state index is 10.5. The predicted octanol–water partition coefficient (Wildman–Crippen LogP) is 2.26. The van der Waals surface area contributed by atoms with Gasteiger partial charge in [-0.25, -0.2) is 4.98 Å². The van der Waals surface area contributed by atoms with Gasteiger partial charge in [0.1, 0.15) is 5.15 Å². The number of nitrogens with zero attached hydrogens (tertiary/aromatic N) is 2. The second kappa shape index (κ2) is 3.06. The SMILES string of the molecule is Cc1cnc(Cl)c(C)c1[N+](=O)[O-]. The molecule has 0 amide bonds. The lowest BCUT2D eigenvalue weighted by atomic mass is 10.2. The molecule has 1 rings (SSSR count). The summed E-state index contributed by atoms with van der Waals surface area (Å²) in [6.07, 6.45) is 1.40. The summed E-state index contributed by atoms with van der Waals surface area (Å²) < 4.78 is 0. The highest BCUT2D eigenvalue weighted by molar-refractivity contribution is 6.30. The molecular formula is C7H7ClN2O2. The summed E-state index contributed by atoms with van der Waals surface area (Å²) in [5, 5.41) is 10.7. The van der Waals surface area contributed by atoms with Crippen LogP contribution < -0.4 is 0 Å². The van der Waals surface area contributed by atoms with Gasteiger partial charge in [-0.3, -0.25) is 10.1 Å². The number of aryl methyl sites for hydroxylation is 1. The van der Waals surface area contributed by atoms with Crippen LogP contribution in [0.25, 0.3) is 0 Å². The maximum Gasteiger partial charge on any atom is 0.279 e. The Morgan fingerprint density at radius 2 is 2.17 bits per heavy atom. The van der Waals surface area contributed by atoms with Gasteiger partial charge in [0.05, 0.1) is 10.5 Å². The molecule has 0 aromatic carbocycles. The van der Waals surface area contributed by atoms with E-state index in [2.05, 4.69) is 4.98 Å². The average molecular weight is 187 g/mol. The quantitative estimate of drug-likeness (QED) is 0.384. The molecule has 4 nitrogen and oxygen atoms in total. The molecule has 0 saturated heterocycles. The molecule has 1 heterocycles. The van der Waals surface area contributed by atoms with Crippen molar-refractivity contribution in [2.45, 2.75) is 13.8 Å². The molecule has 0 saturated carbocycles. The van der Waals surface area contributed by atoms with Crippen molar-refractivity contribution >= 4 is 17.3 Å². The van der Waals surface area contributed by atoms with Crippen molar-refractivity contribution in [1.82, 2.24) is 4.98 Å². The normalized spacial score (nSPS) is 9.92. The molecule has 0 aliphatic heterocycles. The first-order valence-electron chi connectivity index (χ1n) is 3.30. The summed E-state index contributed by atoms with van der Waals surface area (Å²) in [6.45, 7) is 3.22. The molecule has 0 aliphatic rings. The van der Waals surface area contributed by atoms with Crippen LogP contribution in [0.3, 0.4) is 0 Å². The van der Waals surface area contributed by atoms with Gasteiger partial charge in [0.2, 0.25) is 0 Å². The molecule has 0 atom stereocenters. The Kier molecular flexibility index (Phi) is 2.28. The summed E-state index contributed by atoms with van der Waals surface area (Å²) in [5.74, 6) is 0. The second-order valence-electron chi connectivity index (χ2n) is 2.46. The van der Waals surface area contributed by atoms with Crippen molar-refractivity contribution < 1.29 is 4.92 Å². The van der Waals surface area contributed by atoms with Crippen LogP contribution in [0, 0.1) is 24.0 Å². The molecule has 12 heavy (non-hydrogen) atoms. The minimum Gasteiger partial charge on any atom is -0.258 e. The van der Waals surface area contributed by atoms with Crippen LogP contribution in [0.4, 0.5) is 5.69 Å². The first-order valence-corrected chi connectivity index (χ1v) is 3.68. The zero-order valence-electron chi connectivity index (χ0n) is 6.67. The van der Waals surface area contributed by atoms with Gasteiger partial charge in [-0.1, -0.05) is 11.6 Å². The van der Waals surface area contributed by atoms with Crippen molar-refractivity contribution in [3.8, 4) is 0 Å². The molecular weight excluding hydrogens is 180 g/mol. The van der Waals surface area contributed by atoms with E-state index in [4.69, 9.17) is 11.6 Å². The molecule has 0 N–H and O–H groups in total. The van der Waals surface area contributed by atoms with E-state index < -0.39 is 4.92 Å². The van der Waals surface area contributed by atoms with E-state index in [1.54, 1.807) is 13.8 Å². The molecule has 0 unspecified atom stereocenters. The lowest BCUT2D eigenvalue weighted by molar-refractivity contribution is -0.386. The monoisotopic (exact) mass is 186 g/mol. The van der Waals surface area contributed by atoms with E-state index >= 15 is 0 Å². The minimum atomic E-state index is -0.446. The third-order valence-corrected chi connectivity index (χ3v) is 1.97. The summed E-state index contributed by atoms with van der Waals surface area (Å²) in [4.78, 5) is 13.9. The van der Waals surface area contributed by atoms with Gasteiger partial charge in [0.15, 0.2) is 0 Å². The van der Waals surface area contributed by atoms with Crippen molar-refractivity contribution in [2.75, 3.05) is 0 Å². The van der Waals surface area contributed by atoms with Gasteiger partial charge >= 0.3 is 0 Å². The van der Waals surface area contributed by atoms with E-state index in [1.807, 2.05) is 0 Å². The zero-order valence-corrected chi connectivity index (χ0v) is 7.42. The first kappa shape index (κ1) is 8.93. The number of rotatable bonds is 1. The van der Waals surface area contributed by atoms with Crippen LogP contribution in [-0.2, 0) is 0 Å². The van der Waals surface area contributed by atoms with Crippen LogP contribution in [0.2, 0.25) is 5.15 Å². The van der Waals surface area contributed by atoms with Gasteiger partial charge in [-0.15, -0.1) is 0 Å². The summed E-state index contributed by atoms with van der Waals surface area (Å²) in [5.41, 5.74) is 0.999. The molecule has 64 valence electrons. The highest BCUT2D eigenvalue weighted by Crippen LogP contribution is 2.26. The Morgan fingerprint density at radius 3 is 2.58 bits per heavy atom. The van der Waals surface area contributed by atoms with E-state index in [0.29, 0.717) is 11.1 Å². The molecule has 0 bridgehead atoms. The summed E-state index contributed by atoms with van der Waals surface area (Å²) in [7, 11) is 0. The smallest absolute Gasteiger partial charge is 0.258 e. The van der Waals surface area contributed by atoms with Gasteiger partial charge < -0.3 is 0 Å². The van der Waals surface area contributed by atoms with Gasteiger partial charge in [-0.05, 0) is 13.8 Å². The van der Waals surface area contributed by atoms with E-state index in [-0.39, 0.29) is 10.8 Å². The first-order chi connectivity index (χ1) is 5.54. The van der Waals surface area contributed by atoms with Crippen LogP contribution in [-0.4, -0.2) is 9.91 Å². The molecule has 1 aromatic heterocycles. The van der Waals surface area contributed by atoms with Crippen molar-refractivity contribution in [3.05, 3.63) is 32.6 Å². The van der Waals surface area contributed by atoms with E-state index in [1.165, 1.54) is 6.20 Å². The van der Waals surface area contributed by atoms with Crippen molar-refractivity contribution in [3.63, 3.8) is 0 Å². The molecule has 0 fully saturated rings. The highest BCUT2D eigenvalue weighted by Gasteiger charge is 2.17. The number of hydrogen-bond acceptors (Lipinski definition) is 3.